The third kappa shape index (κ3) is 4.76. The molecule has 1 fully saturated rings. The van der Waals surface area contributed by atoms with Gasteiger partial charge in [-0.05, 0) is 17.5 Å². The summed E-state index contributed by atoms with van der Waals surface area (Å²) >= 11 is 0. The normalized spacial score (nSPS) is 16.2. The summed E-state index contributed by atoms with van der Waals surface area (Å²) in [5.74, 6) is -0.576. The summed E-state index contributed by atoms with van der Waals surface area (Å²) in [7, 11) is 0. The summed E-state index contributed by atoms with van der Waals surface area (Å²) in [4.78, 5) is 40.3. The SMILES string of the molecule is CCCC1NC(=O)N(CC(=O)N(Cc2ccccc2)Cc2ccccc2)C1=O. The molecule has 6 heteroatoms. The molecule has 6 nitrogen and oxygen atoms in total. The molecule has 2 aromatic carbocycles. The van der Waals surface area contributed by atoms with E-state index in [-0.39, 0.29) is 18.4 Å². The zero-order valence-electron chi connectivity index (χ0n) is 16.0. The van der Waals surface area contributed by atoms with Crippen LogP contribution in [0.2, 0.25) is 0 Å². The smallest absolute Gasteiger partial charge is 0.325 e. The Morgan fingerprint density at radius 1 is 0.964 bits per heavy atom. The van der Waals surface area contributed by atoms with Gasteiger partial charge in [0.1, 0.15) is 12.6 Å². The van der Waals surface area contributed by atoms with E-state index in [2.05, 4.69) is 5.32 Å². The highest BCUT2D eigenvalue weighted by molar-refractivity contribution is 6.06. The quantitative estimate of drug-likeness (QED) is 0.717. The summed E-state index contributed by atoms with van der Waals surface area (Å²) in [6.07, 6.45) is 1.36. The van der Waals surface area contributed by atoms with E-state index < -0.39 is 12.1 Å². The summed E-state index contributed by atoms with van der Waals surface area (Å²) < 4.78 is 0. The molecule has 0 aliphatic carbocycles. The minimum Gasteiger partial charge on any atom is -0.332 e. The maximum atomic E-state index is 13.0. The molecule has 1 unspecified atom stereocenters. The summed E-state index contributed by atoms with van der Waals surface area (Å²) in [5.41, 5.74) is 1.99. The van der Waals surface area contributed by atoms with Gasteiger partial charge in [0, 0.05) is 13.1 Å². The number of nitrogens with one attached hydrogen (secondary N) is 1. The molecule has 0 bridgehead atoms. The van der Waals surface area contributed by atoms with Crippen molar-refractivity contribution in [3.05, 3.63) is 71.8 Å². The van der Waals surface area contributed by atoms with E-state index in [1.54, 1.807) is 4.90 Å². The van der Waals surface area contributed by atoms with Crippen LogP contribution in [0.25, 0.3) is 0 Å². The molecular formula is C22H25N3O3. The summed E-state index contributed by atoms with van der Waals surface area (Å²) in [6, 6.07) is 18.3. The molecule has 0 radical (unpaired) electrons. The first kappa shape index (κ1) is 19.6. The Hall–Kier alpha value is -3.15. The van der Waals surface area contributed by atoms with Gasteiger partial charge in [-0.25, -0.2) is 4.79 Å². The predicted molar refractivity (Wildman–Crippen MR) is 106 cm³/mol. The van der Waals surface area contributed by atoms with E-state index in [9.17, 15) is 14.4 Å². The van der Waals surface area contributed by atoms with Gasteiger partial charge in [-0.3, -0.25) is 14.5 Å². The van der Waals surface area contributed by atoms with Crippen molar-refractivity contribution >= 4 is 17.8 Å². The van der Waals surface area contributed by atoms with Crippen molar-refractivity contribution in [1.29, 1.82) is 0 Å². The average Bonchev–Trinajstić information content (AvgIpc) is 2.97. The van der Waals surface area contributed by atoms with E-state index in [1.165, 1.54) is 0 Å². The fraction of sp³-hybridized carbons (Fsp3) is 0.318. The highest BCUT2D eigenvalue weighted by atomic mass is 16.2. The topological polar surface area (TPSA) is 69.7 Å². The van der Waals surface area contributed by atoms with Crippen molar-refractivity contribution in [2.75, 3.05) is 6.54 Å². The molecule has 1 saturated heterocycles. The van der Waals surface area contributed by atoms with Crippen LogP contribution in [0.5, 0.6) is 0 Å². The van der Waals surface area contributed by atoms with Crippen LogP contribution in [0.15, 0.2) is 60.7 Å². The molecule has 4 amide bonds. The number of nitrogens with zero attached hydrogens (tertiary/aromatic N) is 2. The maximum Gasteiger partial charge on any atom is 0.325 e. The average molecular weight is 379 g/mol. The molecule has 1 N–H and O–H groups in total. The zero-order chi connectivity index (χ0) is 19.9. The molecule has 146 valence electrons. The van der Waals surface area contributed by atoms with Gasteiger partial charge in [-0.2, -0.15) is 0 Å². The highest BCUT2D eigenvalue weighted by Crippen LogP contribution is 2.14. The van der Waals surface area contributed by atoms with Crippen molar-refractivity contribution in [2.45, 2.75) is 38.9 Å². The fourth-order valence-electron chi connectivity index (χ4n) is 3.29. The Labute approximate surface area is 165 Å². The molecule has 1 atom stereocenters. The van der Waals surface area contributed by atoms with Crippen LogP contribution in [0.3, 0.4) is 0 Å². The number of hydrogen-bond donors (Lipinski definition) is 1. The van der Waals surface area contributed by atoms with Crippen molar-refractivity contribution in [1.82, 2.24) is 15.1 Å². The second-order valence-corrected chi connectivity index (χ2v) is 6.94. The lowest BCUT2D eigenvalue weighted by molar-refractivity contribution is -0.138. The van der Waals surface area contributed by atoms with Crippen LogP contribution >= 0.6 is 0 Å². The molecule has 1 heterocycles. The Morgan fingerprint density at radius 3 is 2.00 bits per heavy atom. The zero-order valence-corrected chi connectivity index (χ0v) is 16.0. The molecule has 0 saturated carbocycles. The number of rotatable bonds is 8. The van der Waals surface area contributed by atoms with Crippen LogP contribution < -0.4 is 5.32 Å². The van der Waals surface area contributed by atoms with E-state index in [1.807, 2.05) is 67.6 Å². The van der Waals surface area contributed by atoms with Crippen LogP contribution in [-0.2, 0) is 22.7 Å². The van der Waals surface area contributed by atoms with Gasteiger partial charge in [0.15, 0.2) is 0 Å². The lowest BCUT2D eigenvalue weighted by Gasteiger charge is -2.25. The second kappa shape index (κ2) is 9.17. The number of amides is 4. The fourth-order valence-corrected chi connectivity index (χ4v) is 3.29. The van der Waals surface area contributed by atoms with Crippen LogP contribution in [-0.4, -0.2) is 40.2 Å². The Bertz CT molecular complexity index is 782. The first-order chi connectivity index (χ1) is 13.6. The maximum absolute atomic E-state index is 13.0. The van der Waals surface area contributed by atoms with Crippen LogP contribution in [0.4, 0.5) is 4.79 Å². The highest BCUT2D eigenvalue weighted by Gasteiger charge is 2.38. The van der Waals surface area contributed by atoms with E-state index in [4.69, 9.17) is 0 Å². The van der Waals surface area contributed by atoms with Gasteiger partial charge >= 0.3 is 6.03 Å². The Morgan fingerprint density at radius 2 is 1.50 bits per heavy atom. The number of carbonyl (C=O) groups is 3. The molecule has 1 aliphatic rings. The van der Waals surface area contributed by atoms with Gasteiger partial charge in [-0.1, -0.05) is 74.0 Å². The second-order valence-electron chi connectivity index (χ2n) is 6.94. The lowest BCUT2D eigenvalue weighted by atomic mass is 10.1. The van der Waals surface area contributed by atoms with Gasteiger partial charge in [0.2, 0.25) is 5.91 Å². The van der Waals surface area contributed by atoms with E-state index in [0.29, 0.717) is 19.5 Å². The lowest BCUT2D eigenvalue weighted by Crippen LogP contribution is -2.42. The molecule has 1 aliphatic heterocycles. The number of hydrogen-bond acceptors (Lipinski definition) is 3. The Kier molecular flexibility index (Phi) is 6.42. The molecule has 3 rings (SSSR count). The Balaban J connectivity index is 1.74. The number of urea groups is 1. The molecular weight excluding hydrogens is 354 g/mol. The van der Waals surface area contributed by atoms with Crippen molar-refractivity contribution in [3.8, 4) is 0 Å². The molecule has 0 spiro atoms. The minimum atomic E-state index is -0.526. The van der Waals surface area contributed by atoms with Crippen molar-refractivity contribution in [2.24, 2.45) is 0 Å². The van der Waals surface area contributed by atoms with Gasteiger partial charge in [0.05, 0.1) is 0 Å². The number of imide groups is 1. The summed E-state index contributed by atoms with van der Waals surface area (Å²) in [5, 5.41) is 2.67. The first-order valence-electron chi connectivity index (χ1n) is 9.56. The van der Waals surface area contributed by atoms with E-state index >= 15 is 0 Å². The predicted octanol–water partition coefficient (Wildman–Crippen LogP) is 2.94. The van der Waals surface area contributed by atoms with Crippen LogP contribution in [0, 0.1) is 0 Å². The number of carbonyl (C=O) groups excluding carboxylic acids is 3. The minimum absolute atomic E-state index is 0.245. The van der Waals surface area contributed by atoms with Crippen LogP contribution in [0.1, 0.15) is 30.9 Å². The van der Waals surface area contributed by atoms with Gasteiger partial charge < -0.3 is 10.2 Å². The van der Waals surface area contributed by atoms with Gasteiger partial charge in [0.25, 0.3) is 5.91 Å². The third-order valence-electron chi connectivity index (χ3n) is 4.76. The number of benzene rings is 2. The summed E-state index contributed by atoms with van der Waals surface area (Å²) in [6.45, 7) is 2.53. The molecule has 0 aromatic heterocycles. The monoisotopic (exact) mass is 379 g/mol. The first-order valence-corrected chi connectivity index (χ1v) is 9.56. The molecule has 28 heavy (non-hydrogen) atoms. The van der Waals surface area contributed by atoms with Crippen molar-refractivity contribution in [3.63, 3.8) is 0 Å². The molecule has 2 aromatic rings. The van der Waals surface area contributed by atoms with Gasteiger partial charge in [-0.15, -0.1) is 0 Å². The van der Waals surface area contributed by atoms with E-state index in [0.717, 1.165) is 22.4 Å². The third-order valence-corrected chi connectivity index (χ3v) is 4.76. The standard InChI is InChI=1S/C22H25N3O3/c1-2-9-19-21(27)25(22(28)23-19)16-20(26)24(14-17-10-5-3-6-11-17)15-18-12-7-4-8-13-18/h3-8,10-13,19H,2,9,14-16H2,1H3,(H,23,28). The van der Waals surface area contributed by atoms with Crippen molar-refractivity contribution < 1.29 is 14.4 Å². The largest absolute Gasteiger partial charge is 0.332 e.